The first-order valence-corrected chi connectivity index (χ1v) is 7.29. The highest BCUT2D eigenvalue weighted by Crippen LogP contribution is 2.25. The van der Waals surface area contributed by atoms with E-state index >= 15 is 0 Å². The summed E-state index contributed by atoms with van der Waals surface area (Å²) in [5, 5.41) is -0.434. The number of nitrogens with one attached hydrogen (secondary N) is 2. The third-order valence-electron chi connectivity index (χ3n) is 2.96. The maximum atomic E-state index is 11.6. The molecular weight excluding hydrogens is 240 g/mol. The molecule has 2 unspecified atom stereocenters. The van der Waals surface area contributed by atoms with Gasteiger partial charge in [0.05, 0.1) is 18.4 Å². The van der Waals surface area contributed by atoms with Gasteiger partial charge in [-0.2, -0.15) is 0 Å². The van der Waals surface area contributed by atoms with Gasteiger partial charge in [-0.3, -0.25) is 5.43 Å². The lowest BCUT2D eigenvalue weighted by atomic mass is 10.1. The molecule has 1 aliphatic rings. The number of sulfone groups is 1. The number of hydrazine groups is 1. The Morgan fingerprint density at radius 3 is 2.47 bits per heavy atom. The van der Waals surface area contributed by atoms with Gasteiger partial charge in [0.15, 0.2) is 9.84 Å². The largest absolute Gasteiger partial charge is 0.497 e. The summed E-state index contributed by atoms with van der Waals surface area (Å²) < 4.78 is 28.3. The zero-order valence-corrected chi connectivity index (χ0v) is 10.6. The maximum Gasteiger partial charge on any atom is 0.153 e. The topological polar surface area (TPSA) is 67.4 Å². The molecule has 2 atom stereocenters. The molecule has 94 valence electrons. The van der Waals surface area contributed by atoms with E-state index in [0.717, 1.165) is 11.3 Å². The summed E-state index contributed by atoms with van der Waals surface area (Å²) in [6.07, 6.45) is 1.27. The van der Waals surface area contributed by atoms with Crippen LogP contribution in [-0.2, 0) is 9.84 Å². The molecule has 1 aliphatic heterocycles. The molecule has 0 aromatic heterocycles. The van der Waals surface area contributed by atoms with Gasteiger partial charge in [-0.15, -0.1) is 0 Å². The molecule has 0 amide bonds. The summed E-state index contributed by atoms with van der Waals surface area (Å²) in [5.74, 6) is 0.760. The summed E-state index contributed by atoms with van der Waals surface area (Å²) in [6.45, 7) is 0.426. The lowest BCUT2D eigenvalue weighted by molar-refractivity contribution is 0.414. The molecule has 6 heteroatoms. The van der Waals surface area contributed by atoms with Crippen LogP contribution in [0.2, 0.25) is 0 Å². The van der Waals surface area contributed by atoms with Crippen molar-refractivity contribution in [3.8, 4) is 5.75 Å². The van der Waals surface area contributed by atoms with Gasteiger partial charge in [0, 0.05) is 12.8 Å². The van der Waals surface area contributed by atoms with Gasteiger partial charge in [-0.05, 0) is 17.7 Å². The minimum absolute atomic E-state index is 0.212. The van der Waals surface area contributed by atoms with Crippen molar-refractivity contribution in [2.75, 3.05) is 19.9 Å². The smallest absolute Gasteiger partial charge is 0.153 e. The van der Waals surface area contributed by atoms with Gasteiger partial charge < -0.3 is 4.74 Å². The number of rotatable bonds is 3. The van der Waals surface area contributed by atoms with Crippen LogP contribution in [0.4, 0.5) is 0 Å². The van der Waals surface area contributed by atoms with Crippen molar-refractivity contribution in [2.24, 2.45) is 0 Å². The highest BCUT2D eigenvalue weighted by Gasteiger charge is 2.35. The normalized spacial score (nSPS) is 24.8. The third-order valence-corrected chi connectivity index (χ3v) is 4.50. The lowest BCUT2D eigenvalue weighted by Gasteiger charge is -2.17. The molecule has 0 saturated carbocycles. The average Bonchev–Trinajstić information content (AvgIpc) is 2.78. The third kappa shape index (κ3) is 2.59. The molecule has 1 saturated heterocycles. The minimum atomic E-state index is -3.07. The molecule has 5 nitrogen and oxygen atoms in total. The van der Waals surface area contributed by atoms with Crippen molar-refractivity contribution >= 4 is 9.84 Å². The summed E-state index contributed by atoms with van der Waals surface area (Å²) in [4.78, 5) is 0. The van der Waals surface area contributed by atoms with E-state index in [0.29, 0.717) is 6.54 Å². The van der Waals surface area contributed by atoms with Crippen molar-refractivity contribution in [1.82, 2.24) is 10.9 Å². The van der Waals surface area contributed by atoms with Gasteiger partial charge in [0.1, 0.15) is 5.75 Å². The second kappa shape index (κ2) is 4.64. The molecular formula is C11H16N2O3S. The fraction of sp³-hybridized carbons (Fsp3) is 0.455. The molecule has 1 heterocycles. The zero-order chi connectivity index (χ0) is 12.5. The SMILES string of the molecule is COc1ccc(C2NNCC2S(C)(=O)=O)cc1. The van der Waals surface area contributed by atoms with Crippen LogP contribution in [-0.4, -0.2) is 33.6 Å². The minimum Gasteiger partial charge on any atom is -0.497 e. The van der Waals surface area contributed by atoms with E-state index in [4.69, 9.17) is 4.74 Å². The summed E-state index contributed by atoms with van der Waals surface area (Å²) in [7, 11) is -1.47. The molecule has 0 bridgehead atoms. The molecule has 1 fully saturated rings. The van der Waals surface area contributed by atoms with E-state index in [2.05, 4.69) is 10.9 Å². The molecule has 0 aliphatic carbocycles. The second-order valence-electron chi connectivity index (χ2n) is 4.14. The molecule has 2 N–H and O–H groups in total. The van der Waals surface area contributed by atoms with E-state index in [1.165, 1.54) is 6.26 Å². The zero-order valence-electron chi connectivity index (χ0n) is 9.80. The number of benzene rings is 1. The van der Waals surface area contributed by atoms with Gasteiger partial charge in [0.2, 0.25) is 0 Å². The van der Waals surface area contributed by atoms with E-state index in [9.17, 15) is 8.42 Å². The van der Waals surface area contributed by atoms with Gasteiger partial charge in [0.25, 0.3) is 0 Å². The monoisotopic (exact) mass is 256 g/mol. The van der Waals surface area contributed by atoms with Crippen LogP contribution < -0.4 is 15.6 Å². The van der Waals surface area contributed by atoms with E-state index in [1.54, 1.807) is 7.11 Å². The maximum absolute atomic E-state index is 11.6. The number of hydrogen-bond acceptors (Lipinski definition) is 5. The Morgan fingerprint density at radius 2 is 1.94 bits per heavy atom. The molecule has 1 aromatic carbocycles. The van der Waals surface area contributed by atoms with Crippen molar-refractivity contribution in [3.63, 3.8) is 0 Å². The number of ether oxygens (including phenoxy) is 1. The fourth-order valence-electron chi connectivity index (χ4n) is 1.99. The standard InChI is InChI=1S/C11H16N2O3S/c1-16-9-5-3-8(4-6-9)11-10(7-12-13-11)17(2,14)15/h3-6,10-13H,7H2,1-2H3. The first-order chi connectivity index (χ1) is 8.02. The highest BCUT2D eigenvalue weighted by atomic mass is 32.2. The van der Waals surface area contributed by atoms with Gasteiger partial charge >= 0.3 is 0 Å². The Hall–Kier alpha value is -1.11. The van der Waals surface area contributed by atoms with E-state index < -0.39 is 15.1 Å². The molecule has 1 aromatic rings. The summed E-state index contributed by atoms with van der Waals surface area (Å²) >= 11 is 0. The number of hydrogen-bond donors (Lipinski definition) is 2. The first-order valence-electron chi connectivity index (χ1n) is 5.33. The van der Waals surface area contributed by atoms with Crippen LogP contribution in [0, 0.1) is 0 Å². The van der Waals surface area contributed by atoms with Crippen LogP contribution in [0.25, 0.3) is 0 Å². The van der Waals surface area contributed by atoms with Crippen LogP contribution in [0.3, 0.4) is 0 Å². The quantitative estimate of drug-likeness (QED) is 0.812. The van der Waals surface area contributed by atoms with Crippen LogP contribution in [0.1, 0.15) is 11.6 Å². The van der Waals surface area contributed by atoms with Crippen molar-refractivity contribution < 1.29 is 13.2 Å². The Labute approximate surface area is 101 Å². The number of methoxy groups -OCH3 is 1. The average molecular weight is 256 g/mol. The molecule has 2 rings (SSSR count). The van der Waals surface area contributed by atoms with Crippen LogP contribution >= 0.6 is 0 Å². The van der Waals surface area contributed by atoms with Crippen molar-refractivity contribution in [2.45, 2.75) is 11.3 Å². The first kappa shape index (κ1) is 12.3. The Balaban J connectivity index is 2.26. The molecule has 0 radical (unpaired) electrons. The predicted octanol–water partition coefficient (Wildman–Crippen LogP) is 0.257. The van der Waals surface area contributed by atoms with Crippen LogP contribution in [0.15, 0.2) is 24.3 Å². The van der Waals surface area contributed by atoms with Crippen molar-refractivity contribution in [3.05, 3.63) is 29.8 Å². The summed E-state index contributed by atoms with van der Waals surface area (Å²) in [5.41, 5.74) is 6.83. The van der Waals surface area contributed by atoms with Crippen molar-refractivity contribution in [1.29, 1.82) is 0 Å². The van der Waals surface area contributed by atoms with E-state index in [1.807, 2.05) is 24.3 Å². The second-order valence-corrected chi connectivity index (χ2v) is 6.41. The summed E-state index contributed by atoms with van der Waals surface area (Å²) in [6, 6.07) is 7.20. The van der Waals surface area contributed by atoms with E-state index in [-0.39, 0.29) is 6.04 Å². The van der Waals surface area contributed by atoms with Crippen LogP contribution in [0.5, 0.6) is 5.75 Å². The van der Waals surface area contributed by atoms with Gasteiger partial charge in [-0.25, -0.2) is 13.8 Å². The fourth-order valence-corrected chi connectivity index (χ4v) is 3.09. The van der Waals surface area contributed by atoms with Gasteiger partial charge in [-0.1, -0.05) is 12.1 Å². The Kier molecular flexibility index (Phi) is 3.37. The predicted molar refractivity (Wildman–Crippen MR) is 65.5 cm³/mol. The molecule has 17 heavy (non-hydrogen) atoms. The highest BCUT2D eigenvalue weighted by molar-refractivity contribution is 7.91. The molecule has 0 spiro atoms. The Morgan fingerprint density at radius 1 is 1.29 bits per heavy atom. The Bertz CT molecular complexity index is 484. The lowest BCUT2D eigenvalue weighted by Crippen LogP contribution is -2.29.